The van der Waals surface area contributed by atoms with E-state index in [1.165, 1.54) is 35.1 Å². The van der Waals surface area contributed by atoms with E-state index in [1.807, 2.05) is 43.3 Å². The van der Waals surface area contributed by atoms with Crippen LogP contribution in [0.25, 0.3) is 22.4 Å². The molecule has 1 fully saturated rings. The highest BCUT2D eigenvalue weighted by Gasteiger charge is 2.42. The molecular weight excluding hydrogens is 670 g/mol. The lowest BCUT2D eigenvalue weighted by molar-refractivity contribution is 0.0735. The zero-order valence-electron chi connectivity index (χ0n) is 21.9. The molecule has 36 heavy (non-hydrogen) atoms. The maximum absolute atomic E-state index is 12.6. The summed E-state index contributed by atoms with van der Waals surface area (Å²) in [6.45, 7) is 11.6. The third-order valence-corrected chi connectivity index (χ3v) is 8.17. The standard InChI is InChI=1S/C32H36O2.I2/c1-20(2)16-22(4)25-18-30-29-12-10-24-17-26(34-31(33)23-8-6-21(3)7-9-23)11-13-27(24)28(29)14-15-32(30,5)19-25;1-2/h6-14,17,20,22,25H,15-16,18-19H2,1-5H3;. The van der Waals surface area contributed by atoms with E-state index < -0.39 is 0 Å². The first-order valence-electron chi connectivity index (χ1n) is 12.9. The average Bonchev–Trinajstić information content (AvgIpc) is 3.23. The first-order valence-corrected chi connectivity index (χ1v) is 19.2. The summed E-state index contributed by atoms with van der Waals surface area (Å²) < 4.78 is 5.70. The van der Waals surface area contributed by atoms with Gasteiger partial charge in [-0.15, -0.1) is 0 Å². The maximum Gasteiger partial charge on any atom is 0.343 e. The highest BCUT2D eigenvalue weighted by Crippen LogP contribution is 2.52. The van der Waals surface area contributed by atoms with Crippen LogP contribution in [0.2, 0.25) is 0 Å². The zero-order chi connectivity index (χ0) is 26.0. The number of aryl methyl sites for hydroxylation is 1. The first-order chi connectivity index (χ1) is 17.2. The van der Waals surface area contributed by atoms with Gasteiger partial charge in [-0.1, -0.05) is 75.2 Å². The summed E-state index contributed by atoms with van der Waals surface area (Å²) in [4.78, 5) is 12.6. The Morgan fingerprint density at radius 3 is 2.47 bits per heavy atom. The Morgan fingerprint density at radius 2 is 1.78 bits per heavy atom. The normalized spacial score (nSPS) is 21.2. The number of rotatable bonds is 5. The van der Waals surface area contributed by atoms with Crippen LogP contribution in [0.5, 0.6) is 5.75 Å². The molecule has 0 N–H and O–H groups in total. The summed E-state index contributed by atoms with van der Waals surface area (Å²) in [6.07, 6.45) is 7.41. The fourth-order valence-electron chi connectivity index (χ4n) is 6.32. The molecule has 0 aromatic heterocycles. The number of esters is 1. The van der Waals surface area contributed by atoms with Crippen LogP contribution in [0.1, 0.15) is 69.3 Å². The van der Waals surface area contributed by atoms with Crippen molar-refractivity contribution in [2.45, 2.75) is 60.3 Å². The molecule has 0 spiro atoms. The largest absolute Gasteiger partial charge is 0.423 e. The van der Waals surface area contributed by atoms with Gasteiger partial charge in [-0.3, -0.25) is 0 Å². The van der Waals surface area contributed by atoms with Crippen molar-refractivity contribution >= 4 is 65.6 Å². The third-order valence-electron chi connectivity index (χ3n) is 8.17. The Hall–Kier alpha value is -1.41. The second kappa shape index (κ2) is 11.5. The van der Waals surface area contributed by atoms with Crippen molar-refractivity contribution in [3.8, 4) is 5.75 Å². The third kappa shape index (κ3) is 5.69. The summed E-state index contributed by atoms with van der Waals surface area (Å²) >= 11 is 4.24. The molecule has 0 amide bonds. The molecular formula is C32H36I2O2. The predicted molar refractivity (Wildman–Crippen MR) is 169 cm³/mol. The fraction of sp³-hybridized carbons (Fsp3) is 0.406. The zero-order valence-corrected chi connectivity index (χ0v) is 26.2. The van der Waals surface area contributed by atoms with Crippen LogP contribution in [-0.2, 0) is 0 Å². The Balaban J connectivity index is 0.00000148. The molecule has 0 saturated heterocycles. The number of carbonyl (C=O) groups is 1. The lowest BCUT2D eigenvalue weighted by Gasteiger charge is -2.29. The number of halogens is 2. The van der Waals surface area contributed by atoms with Crippen LogP contribution in [0, 0.1) is 30.1 Å². The maximum atomic E-state index is 12.6. The van der Waals surface area contributed by atoms with Gasteiger partial charge in [0.1, 0.15) is 5.75 Å². The molecule has 2 aliphatic carbocycles. The van der Waals surface area contributed by atoms with Gasteiger partial charge in [0.2, 0.25) is 0 Å². The number of carbonyl (C=O) groups excluding carboxylic acids is 1. The lowest BCUT2D eigenvalue weighted by atomic mass is 9.76. The highest BCUT2D eigenvalue weighted by atomic mass is 128. The number of hydrogen-bond acceptors (Lipinski definition) is 2. The molecule has 2 nitrogen and oxygen atoms in total. The quantitative estimate of drug-likeness (QED) is 0.151. The van der Waals surface area contributed by atoms with Gasteiger partial charge in [-0.2, -0.15) is 0 Å². The molecule has 0 aliphatic heterocycles. The summed E-state index contributed by atoms with van der Waals surface area (Å²) in [7, 11) is 0. The minimum atomic E-state index is -0.317. The van der Waals surface area contributed by atoms with Gasteiger partial charge in [0.15, 0.2) is 0 Å². The molecule has 0 heterocycles. The molecule has 4 heteroatoms. The Labute approximate surface area is 238 Å². The number of hydrogen-bond donors (Lipinski definition) is 0. The topological polar surface area (TPSA) is 26.3 Å². The molecule has 5 rings (SSSR count). The van der Waals surface area contributed by atoms with Crippen molar-refractivity contribution < 1.29 is 9.53 Å². The molecule has 0 radical (unpaired) electrons. The van der Waals surface area contributed by atoms with Gasteiger partial charge in [0, 0.05) is 37.2 Å². The molecule has 3 atom stereocenters. The van der Waals surface area contributed by atoms with E-state index in [0.29, 0.717) is 16.7 Å². The molecule has 3 unspecified atom stereocenters. The molecule has 3 aromatic rings. The summed E-state index contributed by atoms with van der Waals surface area (Å²) in [5.74, 6) is 2.58. The van der Waals surface area contributed by atoms with E-state index in [2.05, 4.69) is 89.2 Å². The Bertz CT molecular complexity index is 1370. The molecule has 1 saturated carbocycles. The second-order valence-corrected chi connectivity index (χ2v) is 11.4. The van der Waals surface area contributed by atoms with Crippen molar-refractivity contribution in [2.24, 2.45) is 23.2 Å². The van der Waals surface area contributed by atoms with Crippen LogP contribution >= 0.6 is 37.2 Å². The van der Waals surface area contributed by atoms with Gasteiger partial charge in [0.05, 0.1) is 5.56 Å². The highest BCUT2D eigenvalue weighted by molar-refractivity contribution is 15.0. The summed E-state index contributed by atoms with van der Waals surface area (Å²) in [5, 5.41) is 5.17. The Kier molecular flexibility index (Phi) is 8.86. The first kappa shape index (κ1) is 27.6. The number of benzene rings is 3. The van der Waals surface area contributed by atoms with Gasteiger partial charge in [-0.05, 0) is 101 Å². The second-order valence-electron chi connectivity index (χ2n) is 11.4. The van der Waals surface area contributed by atoms with Crippen LogP contribution < -0.4 is 15.2 Å². The van der Waals surface area contributed by atoms with Crippen molar-refractivity contribution in [2.75, 3.05) is 0 Å². The van der Waals surface area contributed by atoms with E-state index in [0.717, 1.165) is 35.1 Å². The SMILES string of the molecule is Cc1ccc(C(=O)Oc2ccc3c4c(ccc3c2)=C2CC(C(C)CC(C)C)CC2(C)CC=4)cc1.II. The van der Waals surface area contributed by atoms with E-state index in [4.69, 9.17) is 4.74 Å². The van der Waals surface area contributed by atoms with Crippen LogP contribution in [-0.4, -0.2) is 5.97 Å². The minimum Gasteiger partial charge on any atom is -0.423 e. The number of fused-ring (bicyclic) bond motifs is 4. The van der Waals surface area contributed by atoms with E-state index in [9.17, 15) is 4.79 Å². The summed E-state index contributed by atoms with van der Waals surface area (Å²) in [6, 6.07) is 18.1. The monoisotopic (exact) mass is 706 g/mol. The molecule has 3 aromatic carbocycles. The summed E-state index contributed by atoms with van der Waals surface area (Å²) in [5.41, 5.74) is 3.64. The van der Waals surface area contributed by atoms with Crippen molar-refractivity contribution in [3.63, 3.8) is 0 Å². The van der Waals surface area contributed by atoms with Crippen LogP contribution in [0.15, 0.2) is 54.6 Å². The van der Waals surface area contributed by atoms with Crippen LogP contribution in [0.4, 0.5) is 0 Å². The van der Waals surface area contributed by atoms with Gasteiger partial charge in [0.25, 0.3) is 0 Å². The molecule has 190 valence electrons. The van der Waals surface area contributed by atoms with Crippen molar-refractivity contribution in [1.29, 1.82) is 0 Å². The van der Waals surface area contributed by atoms with Gasteiger partial charge >= 0.3 is 5.97 Å². The van der Waals surface area contributed by atoms with Crippen molar-refractivity contribution in [3.05, 3.63) is 76.2 Å². The average molecular weight is 706 g/mol. The number of ether oxygens (including phenoxy) is 1. The van der Waals surface area contributed by atoms with E-state index in [-0.39, 0.29) is 5.97 Å². The predicted octanol–water partition coefficient (Wildman–Crippen LogP) is 8.57. The molecule has 2 aliphatic rings. The minimum absolute atomic E-state index is 0.292. The smallest absolute Gasteiger partial charge is 0.343 e. The molecule has 0 bridgehead atoms. The van der Waals surface area contributed by atoms with E-state index in [1.54, 1.807) is 5.57 Å². The Morgan fingerprint density at radius 1 is 1.06 bits per heavy atom. The van der Waals surface area contributed by atoms with Gasteiger partial charge < -0.3 is 4.74 Å². The lowest BCUT2D eigenvalue weighted by Crippen LogP contribution is -2.35. The van der Waals surface area contributed by atoms with E-state index >= 15 is 0 Å². The van der Waals surface area contributed by atoms with Crippen molar-refractivity contribution in [1.82, 2.24) is 0 Å². The van der Waals surface area contributed by atoms with Gasteiger partial charge in [-0.25, -0.2) is 4.79 Å². The van der Waals surface area contributed by atoms with Crippen LogP contribution in [0.3, 0.4) is 0 Å². The fourth-order valence-corrected chi connectivity index (χ4v) is 6.32.